The van der Waals surface area contributed by atoms with Gasteiger partial charge in [0.05, 0.1) is 24.9 Å². The number of carbonyl (C=O) groups is 1. The van der Waals surface area contributed by atoms with E-state index in [0.29, 0.717) is 18.8 Å². The zero-order valence-corrected chi connectivity index (χ0v) is 16.4. The summed E-state index contributed by atoms with van der Waals surface area (Å²) in [6, 6.07) is 17.0. The number of thiazole rings is 1. The molecule has 0 saturated carbocycles. The average molecular weight is 407 g/mol. The topological polar surface area (TPSA) is 77.7 Å². The molecule has 0 unspecified atom stereocenters. The lowest BCUT2D eigenvalue weighted by Gasteiger charge is -2.37. The van der Waals surface area contributed by atoms with Gasteiger partial charge in [-0.2, -0.15) is 0 Å². The molecule has 29 heavy (non-hydrogen) atoms. The molecule has 1 aliphatic heterocycles. The second-order valence-electron chi connectivity index (χ2n) is 6.68. The van der Waals surface area contributed by atoms with E-state index in [9.17, 15) is 4.79 Å². The highest BCUT2D eigenvalue weighted by atomic mass is 32.1. The van der Waals surface area contributed by atoms with Gasteiger partial charge in [-0.3, -0.25) is 0 Å². The van der Waals surface area contributed by atoms with Gasteiger partial charge >= 0.3 is 5.97 Å². The Morgan fingerprint density at radius 3 is 2.79 bits per heavy atom. The SMILES string of the molecule is COc1cccc2sc(N3CC(OC(=O)c4cc(-c5ccccc5)on4)C3)nc12. The van der Waals surface area contributed by atoms with Crippen LogP contribution in [0.15, 0.2) is 59.1 Å². The third kappa shape index (κ3) is 3.31. The molecule has 8 heteroatoms. The molecule has 1 saturated heterocycles. The maximum atomic E-state index is 12.4. The molecule has 7 nitrogen and oxygen atoms in total. The van der Waals surface area contributed by atoms with Gasteiger partial charge in [0.2, 0.25) is 0 Å². The third-order valence-corrected chi connectivity index (χ3v) is 5.84. The summed E-state index contributed by atoms with van der Waals surface area (Å²) in [6.45, 7) is 1.19. The molecule has 0 N–H and O–H groups in total. The van der Waals surface area contributed by atoms with Crippen molar-refractivity contribution in [2.75, 3.05) is 25.1 Å². The van der Waals surface area contributed by atoms with Gasteiger partial charge < -0.3 is 18.9 Å². The Labute approximate surface area is 170 Å². The fraction of sp³-hybridized carbons (Fsp3) is 0.190. The third-order valence-electron chi connectivity index (χ3n) is 4.76. The minimum atomic E-state index is -0.480. The Bertz CT molecular complexity index is 1170. The summed E-state index contributed by atoms with van der Waals surface area (Å²) in [7, 11) is 1.64. The first-order chi connectivity index (χ1) is 14.2. The van der Waals surface area contributed by atoms with E-state index in [0.717, 1.165) is 26.7 Å². The molecule has 2 aromatic heterocycles. The van der Waals surface area contributed by atoms with Gasteiger partial charge in [0.25, 0.3) is 0 Å². The van der Waals surface area contributed by atoms with Crippen LogP contribution in [0.5, 0.6) is 5.75 Å². The van der Waals surface area contributed by atoms with E-state index in [1.165, 1.54) is 0 Å². The largest absolute Gasteiger partial charge is 0.494 e. The number of ether oxygens (including phenoxy) is 2. The van der Waals surface area contributed by atoms with Gasteiger partial charge in [0.1, 0.15) is 17.4 Å². The summed E-state index contributed by atoms with van der Waals surface area (Å²) >= 11 is 1.60. The van der Waals surface area contributed by atoms with Crippen molar-refractivity contribution in [3.05, 3.63) is 60.3 Å². The molecule has 0 spiro atoms. The summed E-state index contributed by atoms with van der Waals surface area (Å²) in [5, 5.41) is 4.73. The fourth-order valence-electron chi connectivity index (χ4n) is 3.20. The number of hydrogen-bond donors (Lipinski definition) is 0. The lowest BCUT2D eigenvalue weighted by Crippen LogP contribution is -2.53. The van der Waals surface area contributed by atoms with Crippen LogP contribution >= 0.6 is 11.3 Å². The van der Waals surface area contributed by atoms with Crippen molar-refractivity contribution in [2.45, 2.75) is 6.10 Å². The number of benzene rings is 2. The Morgan fingerprint density at radius 2 is 2.00 bits per heavy atom. The number of hydrogen-bond acceptors (Lipinski definition) is 8. The van der Waals surface area contributed by atoms with Crippen LogP contribution in [0.4, 0.5) is 5.13 Å². The van der Waals surface area contributed by atoms with E-state index < -0.39 is 5.97 Å². The Morgan fingerprint density at radius 1 is 1.17 bits per heavy atom. The van der Waals surface area contributed by atoms with Gasteiger partial charge in [-0.15, -0.1) is 0 Å². The average Bonchev–Trinajstić information content (AvgIpc) is 3.37. The number of esters is 1. The molecule has 2 aromatic carbocycles. The molecule has 0 radical (unpaired) electrons. The van der Waals surface area contributed by atoms with Gasteiger partial charge in [-0.25, -0.2) is 9.78 Å². The molecule has 5 rings (SSSR count). The summed E-state index contributed by atoms with van der Waals surface area (Å²) in [4.78, 5) is 19.1. The minimum Gasteiger partial charge on any atom is -0.494 e. The quantitative estimate of drug-likeness (QED) is 0.463. The Hall–Kier alpha value is -3.39. The first-order valence-electron chi connectivity index (χ1n) is 9.13. The zero-order valence-electron chi connectivity index (χ0n) is 15.6. The monoisotopic (exact) mass is 407 g/mol. The van der Waals surface area contributed by atoms with Gasteiger partial charge in [0.15, 0.2) is 16.6 Å². The van der Waals surface area contributed by atoms with Crippen LogP contribution in [0.1, 0.15) is 10.5 Å². The van der Waals surface area contributed by atoms with Gasteiger partial charge in [-0.1, -0.05) is 52.9 Å². The number of nitrogens with zero attached hydrogens (tertiary/aromatic N) is 3. The summed E-state index contributed by atoms with van der Waals surface area (Å²) in [6.07, 6.45) is -0.201. The summed E-state index contributed by atoms with van der Waals surface area (Å²) < 4.78 is 17.2. The first-order valence-corrected chi connectivity index (χ1v) is 9.94. The number of anilines is 1. The second-order valence-corrected chi connectivity index (χ2v) is 7.69. The Kier molecular flexibility index (Phi) is 4.40. The summed E-state index contributed by atoms with van der Waals surface area (Å²) in [5.74, 6) is 0.816. The molecular formula is C21H17N3O4S. The molecule has 0 atom stereocenters. The molecule has 1 aliphatic rings. The number of carbonyl (C=O) groups excluding carboxylic acids is 1. The lowest BCUT2D eigenvalue weighted by molar-refractivity contribution is 0.0223. The van der Waals surface area contributed by atoms with Crippen LogP contribution in [0.3, 0.4) is 0 Å². The normalized spacial score (nSPS) is 14.0. The van der Waals surface area contributed by atoms with E-state index in [-0.39, 0.29) is 11.8 Å². The van der Waals surface area contributed by atoms with Crippen molar-refractivity contribution in [3.63, 3.8) is 0 Å². The number of methoxy groups -OCH3 is 1. The molecule has 3 heterocycles. The van der Waals surface area contributed by atoms with Crippen LogP contribution in [-0.4, -0.2) is 42.4 Å². The van der Waals surface area contributed by atoms with Crippen LogP contribution < -0.4 is 9.64 Å². The predicted octanol–water partition coefficient (Wildman–Crippen LogP) is 4.01. The highest BCUT2D eigenvalue weighted by Crippen LogP contribution is 2.36. The van der Waals surface area contributed by atoms with Crippen molar-refractivity contribution in [1.29, 1.82) is 0 Å². The van der Waals surface area contributed by atoms with Crippen molar-refractivity contribution >= 4 is 32.7 Å². The van der Waals surface area contributed by atoms with E-state index in [1.807, 2.05) is 48.5 Å². The highest BCUT2D eigenvalue weighted by molar-refractivity contribution is 7.22. The summed E-state index contributed by atoms with van der Waals surface area (Å²) in [5.41, 5.74) is 1.89. The van der Waals surface area contributed by atoms with E-state index >= 15 is 0 Å². The fourth-order valence-corrected chi connectivity index (χ4v) is 4.20. The van der Waals surface area contributed by atoms with Gasteiger partial charge in [0, 0.05) is 11.6 Å². The highest BCUT2D eigenvalue weighted by Gasteiger charge is 2.33. The smallest absolute Gasteiger partial charge is 0.360 e. The van der Waals surface area contributed by atoms with E-state index in [2.05, 4.69) is 15.0 Å². The van der Waals surface area contributed by atoms with E-state index in [1.54, 1.807) is 24.5 Å². The number of rotatable bonds is 5. The van der Waals surface area contributed by atoms with Crippen LogP contribution in [0.25, 0.3) is 21.5 Å². The molecule has 0 amide bonds. The molecule has 146 valence electrons. The lowest BCUT2D eigenvalue weighted by atomic mass is 10.1. The Balaban J connectivity index is 1.22. The van der Waals surface area contributed by atoms with Crippen molar-refractivity contribution < 1.29 is 18.8 Å². The van der Waals surface area contributed by atoms with Crippen molar-refractivity contribution in [2.24, 2.45) is 0 Å². The standard InChI is InChI=1S/C21H17N3O4S/c1-26-16-8-5-9-18-19(16)22-21(29-18)24-11-14(12-24)27-20(25)15-10-17(28-23-15)13-6-3-2-4-7-13/h2-10,14H,11-12H2,1H3. The molecule has 0 bridgehead atoms. The van der Waals surface area contributed by atoms with Crippen LogP contribution in [0.2, 0.25) is 0 Å². The maximum absolute atomic E-state index is 12.4. The molecule has 0 aliphatic carbocycles. The zero-order chi connectivity index (χ0) is 19.8. The minimum absolute atomic E-state index is 0.173. The first kappa shape index (κ1) is 17.7. The molecule has 1 fully saturated rings. The second kappa shape index (κ2) is 7.21. The van der Waals surface area contributed by atoms with Crippen LogP contribution in [-0.2, 0) is 4.74 Å². The molecule has 4 aromatic rings. The number of para-hydroxylation sites is 1. The number of fused-ring (bicyclic) bond motifs is 1. The van der Waals surface area contributed by atoms with Gasteiger partial charge in [-0.05, 0) is 12.1 Å². The van der Waals surface area contributed by atoms with E-state index in [4.69, 9.17) is 14.0 Å². The maximum Gasteiger partial charge on any atom is 0.360 e. The number of aromatic nitrogens is 2. The predicted molar refractivity (Wildman–Crippen MR) is 110 cm³/mol. The molecular weight excluding hydrogens is 390 g/mol. The van der Waals surface area contributed by atoms with Crippen molar-refractivity contribution in [3.8, 4) is 17.1 Å². The van der Waals surface area contributed by atoms with Crippen molar-refractivity contribution in [1.82, 2.24) is 10.1 Å². The van der Waals surface area contributed by atoms with Crippen LogP contribution in [0, 0.1) is 0 Å².